The minimum absolute atomic E-state index is 0.175. The first-order chi connectivity index (χ1) is 10.5. The second-order valence-corrected chi connectivity index (χ2v) is 6.32. The predicted octanol–water partition coefficient (Wildman–Crippen LogP) is 1.46. The third kappa shape index (κ3) is 3.05. The van der Waals surface area contributed by atoms with Gasteiger partial charge in [-0.25, -0.2) is 0 Å². The number of hydrogen-bond acceptors (Lipinski definition) is 5. The summed E-state index contributed by atoms with van der Waals surface area (Å²) < 4.78 is 5.57. The van der Waals surface area contributed by atoms with E-state index < -0.39 is 6.10 Å². The Morgan fingerprint density at radius 1 is 1.45 bits per heavy atom. The zero-order valence-electron chi connectivity index (χ0n) is 11.5. The Bertz CT molecular complexity index is 636. The Hall–Kier alpha value is -1.73. The van der Waals surface area contributed by atoms with E-state index in [9.17, 15) is 14.4 Å². The topological polar surface area (TPSA) is 75.7 Å². The van der Waals surface area contributed by atoms with Crippen LogP contribution in [0.4, 0.5) is 4.79 Å². The quantitative estimate of drug-likeness (QED) is 0.898. The van der Waals surface area contributed by atoms with Crippen molar-refractivity contribution in [3.8, 4) is 5.75 Å². The number of carbonyl (C=O) groups excluding carboxylic acids is 3. The van der Waals surface area contributed by atoms with E-state index in [0.29, 0.717) is 17.2 Å². The van der Waals surface area contributed by atoms with Crippen LogP contribution >= 0.6 is 23.4 Å². The molecule has 0 aliphatic carbocycles. The van der Waals surface area contributed by atoms with Gasteiger partial charge in [-0.1, -0.05) is 23.4 Å². The summed E-state index contributed by atoms with van der Waals surface area (Å²) in [5.41, 5.74) is 0.897. The molecule has 0 radical (unpaired) electrons. The van der Waals surface area contributed by atoms with Gasteiger partial charge in [0.1, 0.15) is 5.75 Å². The molecule has 1 atom stereocenters. The number of imide groups is 1. The van der Waals surface area contributed by atoms with Gasteiger partial charge < -0.3 is 10.1 Å². The number of benzene rings is 1. The lowest BCUT2D eigenvalue weighted by Gasteiger charge is -2.15. The highest BCUT2D eigenvalue weighted by Crippen LogP contribution is 2.31. The second kappa shape index (κ2) is 6.18. The normalized spacial score (nSPS) is 20.0. The number of carbonyl (C=O) groups is 3. The lowest BCUT2D eigenvalue weighted by Crippen LogP contribution is -2.42. The maximum absolute atomic E-state index is 12.1. The van der Waals surface area contributed by atoms with Crippen LogP contribution in [0.15, 0.2) is 18.2 Å². The van der Waals surface area contributed by atoms with Crippen molar-refractivity contribution in [1.82, 2.24) is 10.2 Å². The van der Waals surface area contributed by atoms with Gasteiger partial charge >= 0.3 is 0 Å². The molecule has 0 saturated carbocycles. The van der Waals surface area contributed by atoms with E-state index in [2.05, 4.69) is 5.32 Å². The average Bonchev–Trinajstić information content (AvgIpc) is 3.04. The average molecular weight is 341 g/mol. The first kappa shape index (κ1) is 15.2. The molecule has 1 saturated heterocycles. The van der Waals surface area contributed by atoms with Crippen molar-refractivity contribution in [2.45, 2.75) is 12.5 Å². The molecule has 116 valence electrons. The van der Waals surface area contributed by atoms with Gasteiger partial charge in [-0.05, 0) is 23.8 Å². The minimum atomic E-state index is -0.604. The number of nitrogens with one attached hydrogen (secondary N) is 1. The highest BCUT2D eigenvalue weighted by molar-refractivity contribution is 8.14. The molecule has 2 aliphatic rings. The van der Waals surface area contributed by atoms with E-state index in [1.807, 2.05) is 0 Å². The highest BCUT2D eigenvalue weighted by Gasteiger charge is 2.31. The van der Waals surface area contributed by atoms with Gasteiger partial charge in [0.25, 0.3) is 11.1 Å². The molecule has 0 aromatic heterocycles. The smallest absolute Gasteiger partial charge is 0.288 e. The molecular weight excluding hydrogens is 328 g/mol. The Kier molecular flexibility index (Phi) is 4.26. The Balaban J connectivity index is 1.50. The van der Waals surface area contributed by atoms with Crippen LogP contribution in [0.1, 0.15) is 5.56 Å². The summed E-state index contributed by atoms with van der Waals surface area (Å²) >= 11 is 6.88. The first-order valence-corrected chi connectivity index (χ1v) is 8.11. The molecule has 1 aromatic rings. The molecule has 1 N–H and O–H groups in total. The Labute approximate surface area is 136 Å². The molecule has 3 rings (SSSR count). The third-order valence-corrected chi connectivity index (χ3v) is 4.56. The maximum atomic E-state index is 12.1. The lowest BCUT2D eigenvalue weighted by atomic mass is 10.1. The molecule has 1 aromatic carbocycles. The van der Waals surface area contributed by atoms with Crippen molar-refractivity contribution in [1.29, 1.82) is 0 Å². The van der Waals surface area contributed by atoms with Gasteiger partial charge in [-0.15, -0.1) is 0 Å². The summed E-state index contributed by atoms with van der Waals surface area (Å²) in [7, 11) is 0. The molecule has 1 fully saturated rings. The van der Waals surface area contributed by atoms with E-state index in [0.717, 1.165) is 22.2 Å². The number of halogens is 1. The second-order valence-electron chi connectivity index (χ2n) is 4.95. The number of thioether (sulfide) groups is 1. The van der Waals surface area contributed by atoms with Crippen LogP contribution in [0, 0.1) is 0 Å². The van der Waals surface area contributed by atoms with Gasteiger partial charge in [0.15, 0.2) is 6.10 Å². The van der Waals surface area contributed by atoms with Crippen LogP contribution in [-0.4, -0.2) is 46.9 Å². The lowest BCUT2D eigenvalue weighted by molar-refractivity contribution is -0.128. The zero-order valence-corrected chi connectivity index (χ0v) is 13.1. The van der Waals surface area contributed by atoms with Crippen molar-refractivity contribution >= 4 is 40.4 Å². The summed E-state index contributed by atoms with van der Waals surface area (Å²) in [6.07, 6.45) is -0.146. The monoisotopic (exact) mass is 340 g/mol. The number of hydrogen-bond donors (Lipinski definition) is 1. The molecule has 6 nitrogen and oxygen atoms in total. The Morgan fingerprint density at radius 2 is 2.27 bits per heavy atom. The van der Waals surface area contributed by atoms with Crippen LogP contribution in [0.2, 0.25) is 5.02 Å². The van der Waals surface area contributed by atoms with Gasteiger partial charge in [0.2, 0.25) is 5.91 Å². The SMILES string of the molecule is O=C(NCCN1C(=O)CSC1=O)[C@H]1Cc2cc(Cl)ccc2O1. The molecule has 0 bridgehead atoms. The van der Waals surface area contributed by atoms with Crippen molar-refractivity contribution in [2.24, 2.45) is 0 Å². The number of nitrogens with zero attached hydrogens (tertiary/aromatic N) is 1. The maximum Gasteiger partial charge on any atom is 0.288 e. The van der Waals surface area contributed by atoms with Crippen LogP contribution in [-0.2, 0) is 16.0 Å². The molecule has 0 unspecified atom stereocenters. The van der Waals surface area contributed by atoms with E-state index in [1.54, 1.807) is 18.2 Å². The molecule has 22 heavy (non-hydrogen) atoms. The van der Waals surface area contributed by atoms with Crippen LogP contribution < -0.4 is 10.1 Å². The third-order valence-electron chi connectivity index (χ3n) is 3.46. The molecule has 8 heteroatoms. The van der Waals surface area contributed by atoms with Crippen LogP contribution in [0.25, 0.3) is 0 Å². The molecule has 0 spiro atoms. The van der Waals surface area contributed by atoms with Crippen LogP contribution in [0.5, 0.6) is 5.75 Å². The van der Waals surface area contributed by atoms with E-state index in [1.165, 1.54) is 0 Å². The summed E-state index contributed by atoms with van der Waals surface area (Å²) in [6, 6.07) is 5.23. The van der Waals surface area contributed by atoms with Crippen molar-refractivity contribution in [2.75, 3.05) is 18.8 Å². The summed E-state index contributed by atoms with van der Waals surface area (Å²) in [6.45, 7) is 0.399. The van der Waals surface area contributed by atoms with Gasteiger partial charge in [-0.3, -0.25) is 19.3 Å². The molecule has 3 amide bonds. The highest BCUT2D eigenvalue weighted by atomic mass is 35.5. The van der Waals surface area contributed by atoms with E-state index in [4.69, 9.17) is 16.3 Å². The van der Waals surface area contributed by atoms with Crippen molar-refractivity contribution in [3.63, 3.8) is 0 Å². The fourth-order valence-electron chi connectivity index (χ4n) is 2.37. The fourth-order valence-corrected chi connectivity index (χ4v) is 3.31. The predicted molar refractivity (Wildman–Crippen MR) is 82.1 cm³/mol. The molecule has 2 heterocycles. The molecule has 2 aliphatic heterocycles. The van der Waals surface area contributed by atoms with Gasteiger partial charge in [-0.2, -0.15) is 0 Å². The number of fused-ring (bicyclic) bond motifs is 1. The largest absolute Gasteiger partial charge is 0.480 e. The minimum Gasteiger partial charge on any atom is -0.480 e. The van der Waals surface area contributed by atoms with E-state index >= 15 is 0 Å². The van der Waals surface area contributed by atoms with Crippen LogP contribution in [0.3, 0.4) is 0 Å². The number of ether oxygens (including phenoxy) is 1. The van der Waals surface area contributed by atoms with Gasteiger partial charge in [0.05, 0.1) is 5.75 Å². The van der Waals surface area contributed by atoms with Crippen molar-refractivity contribution in [3.05, 3.63) is 28.8 Å². The van der Waals surface area contributed by atoms with Crippen molar-refractivity contribution < 1.29 is 19.1 Å². The number of amides is 3. The number of rotatable bonds is 4. The van der Waals surface area contributed by atoms with E-state index in [-0.39, 0.29) is 35.9 Å². The summed E-state index contributed by atoms with van der Waals surface area (Å²) in [4.78, 5) is 36.1. The van der Waals surface area contributed by atoms with Gasteiger partial charge in [0, 0.05) is 24.5 Å². The summed E-state index contributed by atoms with van der Waals surface area (Å²) in [5.74, 6) is 0.350. The molecular formula is C14H13ClN2O4S. The first-order valence-electron chi connectivity index (χ1n) is 6.74. The summed E-state index contributed by atoms with van der Waals surface area (Å²) in [5, 5.41) is 3.03. The zero-order chi connectivity index (χ0) is 15.7. The standard InChI is InChI=1S/C14H13ClN2O4S/c15-9-1-2-10-8(5-9)6-11(21-10)13(19)16-3-4-17-12(18)7-22-14(17)20/h1-2,5,11H,3-4,6-7H2,(H,16,19)/t11-/m1/s1. The fraction of sp³-hybridized carbons (Fsp3) is 0.357. The Morgan fingerprint density at radius 3 is 3.00 bits per heavy atom.